The fraction of sp³-hybridized carbons (Fsp3) is 0.474. The van der Waals surface area contributed by atoms with Crippen LogP contribution in [0.3, 0.4) is 0 Å². The summed E-state index contributed by atoms with van der Waals surface area (Å²) in [6.45, 7) is 4.73. The molecular weight excluding hydrogens is 378 g/mol. The van der Waals surface area contributed by atoms with Crippen LogP contribution < -0.4 is 4.90 Å². The van der Waals surface area contributed by atoms with E-state index in [2.05, 4.69) is 5.10 Å². The van der Waals surface area contributed by atoms with Crippen LogP contribution in [-0.2, 0) is 17.1 Å². The van der Waals surface area contributed by atoms with Crippen LogP contribution in [0.4, 0.5) is 5.69 Å². The second-order valence-electron chi connectivity index (χ2n) is 7.26. The summed E-state index contributed by atoms with van der Waals surface area (Å²) in [5.41, 5.74) is 2.69. The highest BCUT2D eigenvalue weighted by molar-refractivity contribution is 7.89. The van der Waals surface area contributed by atoms with Crippen LogP contribution in [0.25, 0.3) is 0 Å². The molecule has 1 fully saturated rings. The van der Waals surface area contributed by atoms with Crippen molar-refractivity contribution in [3.8, 4) is 0 Å². The lowest BCUT2D eigenvalue weighted by molar-refractivity contribution is 0.0698. The fourth-order valence-corrected chi connectivity index (χ4v) is 5.31. The van der Waals surface area contributed by atoms with Crippen LogP contribution in [-0.4, -0.2) is 73.6 Å². The van der Waals surface area contributed by atoms with Gasteiger partial charge in [0.2, 0.25) is 10.0 Å². The van der Waals surface area contributed by atoms with E-state index in [1.807, 2.05) is 37.2 Å². The summed E-state index contributed by atoms with van der Waals surface area (Å²) in [6.07, 6.45) is 0. The van der Waals surface area contributed by atoms with E-state index in [0.29, 0.717) is 30.0 Å². The maximum Gasteiger partial charge on any atom is 0.254 e. The molecule has 0 N–H and O–H groups in total. The van der Waals surface area contributed by atoms with E-state index in [9.17, 15) is 13.2 Å². The van der Waals surface area contributed by atoms with Crippen LogP contribution in [0, 0.1) is 13.8 Å². The van der Waals surface area contributed by atoms with Gasteiger partial charge in [-0.3, -0.25) is 9.48 Å². The Labute approximate surface area is 166 Å². The van der Waals surface area contributed by atoms with E-state index in [4.69, 9.17) is 0 Å². The first-order chi connectivity index (χ1) is 13.1. The predicted octanol–water partition coefficient (Wildman–Crippen LogP) is 1.25. The van der Waals surface area contributed by atoms with Gasteiger partial charge in [0.25, 0.3) is 5.91 Å². The number of aryl methyl sites for hydroxylation is 2. The van der Waals surface area contributed by atoms with Gasteiger partial charge in [0.15, 0.2) is 0 Å². The number of sulfonamides is 1. The van der Waals surface area contributed by atoms with E-state index in [1.54, 1.807) is 36.5 Å². The average molecular weight is 406 g/mol. The molecule has 0 atom stereocenters. The number of nitrogens with zero attached hydrogens (tertiary/aromatic N) is 5. The number of hydrogen-bond donors (Lipinski definition) is 0. The summed E-state index contributed by atoms with van der Waals surface area (Å²) in [5.74, 6) is -0.0745. The molecule has 0 saturated carbocycles. The Morgan fingerprint density at radius 2 is 1.75 bits per heavy atom. The highest BCUT2D eigenvalue weighted by Gasteiger charge is 2.34. The first-order valence-electron chi connectivity index (χ1n) is 9.20. The Balaban J connectivity index is 1.74. The van der Waals surface area contributed by atoms with Gasteiger partial charge in [-0.25, -0.2) is 8.42 Å². The van der Waals surface area contributed by atoms with Gasteiger partial charge in [0, 0.05) is 58.6 Å². The van der Waals surface area contributed by atoms with Crippen molar-refractivity contribution in [1.82, 2.24) is 19.0 Å². The van der Waals surface area contributed by atoms with Crippen molar-refractivity contribution in [2.45, 2.75) is 18.7 Å². The van der Waals surface area contributed by atoms with Gasteiger partial charge in [-0.1, -0.05) is 6.07 Å². The van der Waals surface area contributed by atoms with Gasteiger partial charge < -0.3 is 9.80 Å². The van der Waals surface area contributed by atoms with Gasteiger partial charge in [-0.15, -0.1) is 0 Å². The number of carbonyl (C=O) groups excluding carboxylic acids is 1. The van der Waals surface area contributed by atoms with Crippen LogP contribution in [0.1, 0.15) is 21.7 Å². The molecule has 1 saturated heterocycles. The zero-order valence-corrected chi connectivity index (χ0v) is 17.8. The normalized spacial score (nSPS) is 15.7. The number of hydrogen-bond acceptors (Lipinski definition) is 5. The number of carbonyl (C=O) groups is 1. The summed E-state index contributed by atoms with van der Waals surface area (Å²) in [6, 6.07) is 7.45. The SMILES string of the molecule is Cc1nn(C)c(C)c1S(=O)(=O)N1CCN(C(=O)c2cccc(N(C)C)c2)CC1. The quantitative estimate of drug-likeness (QED) is 0.765. The van der Waals surface area contributed by atoms with E-state index in [0.717, 1.165) is 5.69 Å². The van der Waals surface area contributed by atoms with E-state index in [-0.39, 0.29) is 23.9 Å². The summed E-state index contributed by atoms with van der Waals surface area (Å²) < 4.78 is 29.2. The van der Waals surface area contributed by atoms with Crippen molar-refractivity contribution in [3.63, 3.8) is 0 Å². The Bertz CT molecular complexity index is 989. The lowest BCUT2D eigenvalue weighted by atomic mass is 10.1. The molecule has 1 aromatic carbocycles. The van der Waals surface area contributed by atoms with Gasteiger partial charge in [0.1, 0.15) is 4.90 Å². The maximum atomic E-state index is 13.1. The Kier molecular flexibility index (Phi) is 5.49. The largest absolute Gasteiger partial charge is 0.378 e. The molecule has 1 amide bonds. The predicted molar refractivity (Wildman–Crippen MR) is 108 cm³/mol. The molecule has 8 nitrogen and oxygen atoms in total. The number of amides is 1. The lowest BCUT2D eigenvalue weighted by Gasteiger charge is -2.34. The molecule has 1 aliphatic rings. The summed E-state index contributed by atoms with van der Waals surface area (Å²) in [4.78, 5) is 16.8. The third kappa shape index (κ3) is 3.64. The van der Waals surface area contributed by atoms with Gasteiger partial charge in [0.05, 0.1) is 11.4 Å². The average Bonchev–Trinajstić information content (AvgIpc) is 2.93. The third-order valence-corrected chi connectivity index (χ3v) is 7.33. The van der Waals surface area contributed by atoms with Crippen molar-refractivity contribution < 1.29 is 13.2 Å². The third-order valence-electron chi connectivity index (χ3n) is 5.18. The van der Waals surface area contributed by atoms with Crippen molar-refractivity contribution in [1.29, 1.82) is 0 Å². The topological polar surface area (TPSA) is 78.8 Å². The van der Waals surface area contributed by atoms with Crippen LogP contribution in [0.5, 0.6) is 0 Å². The second-order valence-corrected chi connectivity index (χ2v) is 9.14. The van der Waals surface area contributed by atoms with Crippen LogP contribution >= 0.6 is 0 Å². The molecule has 9 heteroatoms. The molecule has 28 heavy (non-hydrogen) atoms. The maximum absolute atomic E-state index is 13.1. The first-order valence-corrected chi connectivity index (χ1v) is 10.6. The Morgan fingerprint density at radius 3 is 2.29 bits per heavy atom. The molecule has 1 aromatic heterocycles. The molecule has 3 rings (SSSR count). The standard InChI is InChI=1S/C19H27N5O3S/c1-14-18(15(2)22(5)20-14)28(26,27)24-11-9-23(10-12-24)19(25)16-7-6-8-17(13-16)21(3)4/h6-8,13H,9-12H2,1-5H3. The summed E-state index contributed by atoms with van der Waals surface area (Å²) in [5, 5.41) is 4.22. The van der Waals surface area contributed by atoms with Crippen molar-refractivity contribution in [2.75, 3.05) is 45.2 Å². The molecule has 1 aliphatic heterocycles. The number of aromatic nitrogens is 2. The number of rotatable bonds is 4. The van der Waals surface area contributed by atoms with Crippen molar-refractivity contribution in [3.05, 3.63) is 41.2 Å². The molecule has 0 spiro atoms. The molecule has 0 aliphatic carbocycles. The van der Waals surface area contributed by atoms with E-state index in [1.165, 1.54) is 4.31 Å². The minimum absolute atomic E-state index is 0.0745. The molecule has 0 radical (unpaired) electrons. The molecule has 2 heterocycles. The molecule has 0 bridgehead atoms. The molecule has 152 valence electrons. The first kappa shape index (κ1) is 20.3. The highest BCUT2D eigenvalue weighted by atomic mass is 32.2. The second kappa shape index (κ2) is 7.56. The van der Waals surface area contributed by atoms with Gasteiger partial charge >= 0.3 is 0 Å². The number of anilines is 1. The minimum Gasteiger partial charge on any atom is -0.378 e. The Hall–Kier alpha value is -2.39. The smallest absolute Gasteiger partial charge is 0.254 e. The van der Waals surface area contributed by atoms with Gasteiger partial charge in [-0.05, 0) is 32.0 Å². The van der Waals surface area contributed by atoms with Crippen molar-refractivity contribution >= 4 is 21.6 Å². The fourth-order valence-electron chi connectivity index (χ4n) is 3.49. The van der Waals surface area contributed by atoms with Crippen molar-refractivity contribution in [2.24, 2.45) is 7.05 Å². The van der Waals surface area contributed by atoms with E-state index >= 15 is 0 Å². The molecule has 0 unspecified atom stereocenters. The van der Waals surface area contributed by atoms with Crippen LogP contribution in [0.2, 0.25) is 0 Å². The highest BCUT2D eigenvalue weighted by Crippen LogP contribution is 2.24. The van der Waals surface area contributed by atoms with Crippen LogP contribution in [0.15, 0.2) is 29.2 Å². The monoisotopic (exact) mass is 405 g/mol. The van der Waals surface area contributed by atoms with E-state index < -0.39 is 10.0 Å². The minimum atomic E-state index is -3.63. The number of piperazine rings is 1. The molecule has 2 aromatic rings. The Morgan fingerprint density at radius 1 is 1.11 bits per heavy atom. The summed E-state index contributed by atoms with van der Waals surface area (Å²) >= 11 is 0. The zero-order chi connectivity index (χ0) is 20.6. The number of benzene rings is 1. The zero-order valence-electron chi connectivity index (χ0n) is 17.0. The lowest BCUT2D eigenvalue weighted by Crippen LogP contribution is -2.50. The van der Waals surface area contributed by atoms with Gasteiger partial charge in [-0.2, -0.15) is 9.40 Å². The summed E-state index contributed by atoms with van der Waals surface area (Å²) in [7, 11) is 1.96. The molecular formula is C19H27N5O3S.